The minimum atomic E-state index is -0.547. The van der Waals surface area contributed by atoms with E-state index < -0.39 is 5.92 Å². The molecule has 1 N–H and O–H groups in total. The molecule has 176 valence electrons. The number of amides is 3. The molecule has 1 aliphatic rings. The zero-order valence-electron chi connectivity index (χ0n) is 19.4. The van der Waals surface area contributed by atoms with Crippen LogP contribution in [0.15, 0.2) is 60.7 Å². The molecule has 1 fully saturated rings. The van der Waals surface area contributed by atoms with Crippen LogP contribution in [0.5, 0.6) is 11.5 Å². The molecule has 0 unspecified atom stereocenters. The molecule has 0 saturated carbocycles. The maximum atomic E-state index is 13.0. The monoisotopic (exact) mass is 461 g/mol. The predicted molar refractivity (Wildman–Crippen MR) is 130 cm³/mol. The molecule has 0 aliphatic carbocycles. The minimum absolute atomic E-state index is 0.0727. The molecule has 8 nitrogen and oxygen atoms in total. The van der Waals surface area contributed by atoms with Gasteiger partial charge >= 0.3 is 0 Å². The van der Waals surface area contributed by atoms with Gasteiger partial charge < -0.3 is 24.6 Å². The first kappa shape index (κ1) is 23.1. The van der Waals surface area contributed by atoms with Crippen LogP contribution in [0.3, 0.4) is 0 Å². The van der Waals surface area contributed by atoms with Gasteiger partial charge in [-0.05, 0) is 23.6 Å². The molecule has 0 radical (unpaired) electrons. The van der Waals surface area contributed by atoms with Crippen LogP contribution < -0.4 is 19.7 Å². The fourth-order valence-corrected chi connectivity index (χ4v) is 4.24. The normalized spacial score (nSPS) is 15.3. The lowest BCUT2D eigenvalue weighted by Gasteiger charge is -2.22. The Hall–Kier alpha value is -4.07. The van der Waals surface area contributed by atoms with Crippen molar-refractivity contribution in [2.45, 2.75) is 6.42 Å². The number of benzene rings is 3. The van der Waals surface area contributed by atoms with E-state index in [9.17, 15) is 14.4 Å². The quantitative estimate of drug-likeness (QED) is 0.583. The molecule has 3 amide bonds. The summed E-state index contributed by atoms with van der Waals surface area (Å²) < 4.78 is 10.6. The number of likely N-dealkylation sites (N-methyl/N-ethyl adjacent to an activating group) is 1. The van der Waals surface area contributed by atoms with Crippen molar-refractivity contribution in [1.82, 2.24) is 4.90 Å². The Labute approximate surface area is 198 Å². The fraction of sp³-hybridized carbons (Fsp3) is 0.269. The van der Waals surface area contributed by atoms with Crippen LogP contribution in [0.2, 0.25) is 0 Å². The summed E-state index contributed by atoms with van der Waals surface area (Å²) in [5, 5.41) is 4.84. The largest absolute Gasteiger partial charge is 0.497 e. The van der Waals surface area contributed by atoms with E-state index in [1.165, 1.54) is 12.0 Å². The van der Waals surface area contributed by atoms with E-state index in [2.05, 4.69) is 5.32 Å². The number of ether oxygens (including phenoxy) is 2. The molecule has 1 atom stereocenters. The Kier molecular flexibility index (Phi) is 6.67. The number of nitrogens with one attached hydrogen (secondary N) is 1. The third-order valence-electron chi connectivity index (χ3n) is 5.97. The summed E-state index contributed by atoms with van der Waals surface area (Å²) in [6.07, 6.45) is 0.0727. The molecular formula is C26H27N3O5. The number of hydrogen-bond donors (Lipinski definition) is 1. The van der Waals surface area contributed by atoms with E-state index in [0.29, 0.717) is 22.9 Å². The molecule has 4 rings (SSSR count). The van der Waals surface area contributed by atoms with E-state index in [-0.39, 0.29) is 37.2 Å². The summed E-state index contributed by atoms with van der Waals surface area (Å²) in [6, 6.07) is 18.6. The highest BCUT2D eigenvalue weighted by molar-refractivity contribution is 6.04. The number of anilines is 2. The smallest absolute Gasteiger partial charge is 0.244 e. The highest BCUT2D eigenvalue weighted by atomic mass is 16.5. The Morgan fingerprint density at radius 2 is 1.82 bits per heavy atom. The van der Waals surface area contributed by atoms with E-state index in [1.807, 2.05) is 42.5 Å². The molecule has 0 bridgehead atoms. The fourth-order valence-electron chi connectivity index (χ4n) is 4.24. The number of methoxy groups -OCH3 is 2. The highest BCUT2D eigenvalue weighted by Gasteiger charge is 2.38. The lowest BCUT2D eigenvalue weighted by molar-refractivity contribution is -0.137. The summed E-state index contributed by atoms with van der Waals surface area (Å²) in [7, 11) is 4.65. The topological polar surface area (TPSA) is 88.2 Å². The van der Waals surface area contributed by atoms with Crippen LogP contribution in [0.4, 0.5) is 11.4 Å². The van der Waals surface area contributed by atoms with Crippen molar-refractivity contribution in [2.75, 3.05) is 44.6 Å². The number of nitrogens with zero attached hydrogens (tertiary/aromatic N) is 2. The first-order chi connectivity index (χ1) is 16.4. The van der Waals surface area contributed by atoms with Gasteiger partial charge in [-0.15, -0.1) is 0 Å². The number of hydrogen-bond acceptors (Lipinski definition) is 5. The molecule has 1 heterocycles. The molecular weight excluding hydrogens is 434 g/mol. The number of carbonyl (C=O) groups excluding carboxylic acids is 3. The van der Waals surface area contributed by atoms with E-state index in [1.54, 1.807) is 37.3 Å². The summed E-state index contributed by atoms with van der Waals surface area (Å²) in [5.41, 5.74) is 1.28. The Bertz CT molecular complexity index is 1240. The molecule has 0 aromatic heterocycles. The van der Waals surface area contributed by atoms with Gasteiger partial charge in [-0.3, -0.25) is 14.4 Å². The molecule has 3 aromatic rings. The van der Waals surface area contributed by atoms with Crippen LogP contribution in [-0.2, 0) is 14.4 Å². The van der Waals surface area contributed by atoms with E-state index in [0.717, 1.165) is 10.8 Å². The lowest BCUT2D eigenvalue weighted by atomic mass is 10.1. The molecule has 1 aliphatic heterocycles. The third-order valence-corrected chi connectivity index (χ3v) is 5.97. The van der Waals surface area contributed by atoms with Crippen molar-refractivity contribution >= 4 is 39.9 Å². The predicted octanol–water partition coefficient (Wildman–Crippen LogP) is 3.31. The molecule has 1 saturated heterocycles. The van der Waals surface area contributed by atoms with Crippen LogP contribution in [0.25, 0.3) is 10.8 Å². The Morgan fingerprint density at radius 3 is 2.59 bits per heavy atom. The SMILES string of the molecule is COc1ccc(N2C[C@H](C(=O)N(C)CC(=O)Nc3cccc4ccccc34)CC2=O)c(OC)c1. The second-order valence-electron chi connectivity index (χ2n) is 8.21. The maximum Gasteiger partial charge on any atom is 0.244 e. The Morgan fingerprint density at radius 1 is 1.06 bits per heavy atom. The average molecular weight is 462 g/mol. The van der Waals surface area contributed by atoms with Gasteiger partial charge in [0.1, 0.15) is 11.5 Å². The van der Waals surface area contributed by atoms with Crippen LogP contribution in [0.1, 0.15) is 6.42 Å². The average Bonchev–Trinajstić information content (AvgIpc) is 3.24. The van der Waals surface area contributed by atoms with Crippen molar-refractivity contribution < 1.29 is 23.9 Å². The van der Waals surface area contributed by atoms with Crippen LogP contribution in [-0.4, -0.2) is 57.0 Å². The summed E-state index contributed by atoms with van der Waals surface area (Å²) in [6.45, 7) is 0.105. The van der Waals surface area contributed by atoms with Crippen molar-refractivity contribution in [3.05, 3.63) is 60.7 Å². The van der Waals surface area contributed by atoms with Crippen LogP contribution >= 0.6 is 0 Å². The zero-order chi connectivity index (χ0) is 24.2. The van der Waals surface area contributed by atoms with Gasteiger partial charge in [-0.25, -0.2) is 0 Å². The summed E-state index contributed by atoms with van der Waals surface area (Å²) in [5.74, 6) is -0.174. The van der Waals surface area contributed by atoms with Crippen molar-refractivity contribution in [3.8, 4) is 11.5 Å². The lowest BCUT2D eigenvalue weighted by Crippen LogP contribution is -2.39. The van der Waals surface area contributed by atoms with Crippen molar-refractivity contribution in [1.29, 1.82) is 0 Å². The van der Waals surface area contributed by atoms with Gasteiger partial charge in [0.05, 0.1) is 32.4 Å². The second-order valence-corrected chi connectivity index (χ2v) is 8.21. The number of carbonyl (C=O) groups is 3. The molecule has 34 heavy (non-hydrogen) atoms. The number of rotatable bonds is 7. The van der Waals surface area contributed by atoms with Crippen LogP contribution in [0, 0.1) is 5.92 Å². The first-order valence-corrected chi connectivity index (χ1v) is 11.0. The van der Waals surface area contributed by atoms with E-state index >= 15 is 0 Å². The van der Waals surface area contributed by atoms with Gasteiger partial charge in [0.25, 0.3) is 0 Å². The summed E-state index contributed by atoms with van der Waals surface area (Å²) >= 11 is 0. The number of fused-ring (bicyclic) bond motifs is 1. The standard InChI is InChI=1S/C26H27N3O5/c1-28(16-24(30)27-21-10-6-8-17-7-4-5-9-20(17)21)26(32)18-13-25(31)29(15-18)22-12-11-19(33-2)14-23(22)34-3/h4-12,14,18H,13,15-16H2,1-3H3,(H,27,30)/t18-/m1/s1. The van der Waals surface area contributed by atoms with Gasteiger partial charge in [0.15, 0.2) is 0 Å². The van der Waals surface area contributed by atoms with Gasteiger partial charge in [0, 0.05) is 37.2 Å². The van der Waals surface area contributed by atoms with E-state index in [4.69, 9.17) is 9.47 Å². The first-order valence-electron chi connectivity index (χ1n) is 11.0. The molecule has 3 aromatic carbocycles. The molecule has 8 heteroatoms. The third kappa shape index (κ3) is 4.66. The second kappa shape index (κ2) is 9.82. The maximum absolute atomic E-state index is 13.0. The molecule has 0 spiro atoms. The highest BCUT2D eigenvalue weighted by Crippen LogP contribution is 2.36. The van der Waals surface area contributed by atoms with Gasteiger partial charge in [-0.2, -0.15) is 0 Å². The van der Waals surface area contributed by atoms with Gasteiger partial charge in [-0.1, -0.05) is 36.4 Å². The minimum Gasteiger partial charge on any atom is -0.497 e. The Balaban J connectivity index is 1.41. The van der Waals surface area contributed by atoms with Crippen molar-refractivity contribution in [2.24, 2.45) is 5.92 Å². The summed E-state index contributed by atoms with van der Waals surface area (Å²) in [4.78, 5) is 41.3. The van der Waals surface area contributed by atoms with Crippen molar-refractivity contribution in [3.63, 3.8) is 0 Å². The van der Waals surface area contributed by atoms with Gasteiger partial charge in [0.2, 0.25) is 17.7 Å². The zero-order valence-corrected chi connectivity index (χ0v) is 19.4.